The maximum absolute atomic E-state index is 6.75. The number of aryl methyl sites for hydroxylation is 1. The van der Waals surface area contributed by atoms with Crippen molar-refractivity contribution < 1.29 is 0 Å². The summed E-state index contributed by atoms with van der Waals surface area (Å²) in [6.07, 6.45) is 2.28. The van der Waals surface area contributed by atoms with Crippen molar-refractivity contribution in [3.05, 3.63) is 102 Å². The summed E-state index contributed by atoms with van der Waals surface area (Å²) in [6.45, 7) is 6.41. The number of pyridine rings is 1. The van der Waals surface area contributed by atoms with E-state index in [9.17, 15) is 0 Å². The van der Waals surface area contributed by atoms with Crippen molar-refractivity contribution in [1.82, 2.24) is 4.98 Å². The average Bonchev–Trinajstić information content (AvgIpc) is 2.74. The highest BCUT2D eigenvalue weighted by Crippen LogP contribution is 2.37. The Hall–Kier alpha value is -3.39. The lowest BCUT2D eigenvalue weighted by Crippen LogP contribution is -2.01. The first kappa shape index (κ1) is 18.9. The van der Waals surface area contributed by atoms with E-state index in [2.05, 4.69) is 86.7 Å². The number of benzene rings is 3. The molecule has 2 heteroatoms. The number of fused-ring (bicyclic) bond motifs is 1. The molecular weight excluding hydrogens is 352 g/mol. The molecule has 0 unspecified atom stereocenters. The predicted molar refractivity (Wildman–Crippen MR) is 125 cm³/mol. The van der Waals surface area contributed by atoms with Crippen molar-refractivity contribution in [1.29, 1.82) is 0 Å². The monoisotopic (exact) mass is 378 g/mol. The lowest BCUT2D eigenvalue weighted by Gasteiger charge is -2.16. The Morgan fingerprint density at radius 2 is 1.55 bits per heavy atom. The highest BCUT2D eigenvalue weighted by molar-refractivity contribution is 6.04. The Morgan fingerprint density at radius 3 is 2.21 bits per heavy atom. The van der Waals surface area contributed by atoms with Crippen LogP contribution >= 0.6 is 0 Å². The van der Waals surface area contributed by atoms with Gasteiger partial charge in [-0.3, -0.25) is 4.98 Å². The summed E-state index contributed by atoms with van der Waals surface area (Å²) in [5.41, 5.74) is 15.0. The molecule has 0 spiro atoms. The zero-order valence-electron chi connectivity index (χ0n) is 17.2. The number of nitrogens with zero attached hydrogens (tertiary/aromatic N) is 1. The number of hydrogen-bond donors (Lipinski definition) is 1. The van der Waals surface area contributed by atoms with Gasteiger partial charge in [-0.15, -0.1) is 0 Å². The first-order valence-electron chi connectivity index (χ1n) is 10.1. The van der Waals surface area contributed by atoms with Crippen molar-refractivity contribution in [3.8, 4) is 11.1 Å². The molecular formula is C27H26N2. The van der Waals surface area contributed by atoms with Crippen LogP contribution in [0.4, 0.5) is 5.69 Å². The zero-order chi connectivity index (χ0) is 20.4. The van der Waals surface area contributed by atoms with E-state index < -0.39 is 0 Å². The predicted octanol–water partition coefficient (Wildman–Crippen LogP) is 6.88. The van der Waals surface area contributed by atoms with Gasteiger partial charge >= 0.3 is 0 Å². The van der Waals surface area contributed by atoms with E-state index in [1.807, 2.05) is 19.1 Å². The van der Waals surface area contributed by atoms with Crippen molar-refractivity contribution in [2.45, 2.75) is 20.8 Å². The number of allylic oxidation sites excluding steroid dienone is 1. The first-order chi connectivity index (χ1) is 14.0. The van der Waals surface area contributed by atoms with Crippen LogP contribution < -0.4 is 5.73 Å². The second kappa shape index (κ2) is 7.92. The van der Waals surface area contributed by atoms with E-state index >= 15 is 0 Å². The first-order valence-corrected chi connectivity index (χ1v) is 10.1. The smallest absolute Gasteiger partial charge is 0.0946 e. The average molecular weight is 379 g/mol. The Labute approximate surface area is 172 Å². The molecule has 2 N–H and O–H groups in total. The molecule has 0 aliphatic rings. The SMILES string of the molecule is Cc1cc(-c2ccccc2)c2ccc(C(=CC(C)C)c3ccccc3)c(N)c2n1. The Kier molecular flexibility index (Phi) is 5.18. The molecule has 0 atom stereocenters. The minimum absolute atomic E-state index is 0.408. The van der Waals surface area contributed by atoms with Crippen LogP contribution in [-0.4, -0.2) is 4.98 Å². The molecule has 29 heavy (non-hydrogen) atoms. The van der Waals surface area contributed by atoms with Crippen molar-refractivity contribution >= 4 is 22.2 Å². The van der Waals surface area contributed by atoms with Crippen molar-refractivity contribution in [2.75, 3.05) is 5.73 Å². The van der Waals surface area contributed by atoms with Crippen LogP contribution in [0.1, 0.15) is 30.7 Å². The molecule has 0 aliphatic carbocycles. The summed E-state index contributed by atoms with van der Waals surface area (Å²) < 4.78 is 0. The standard InChI is InChI=1S/C27H26N2/c1-18(2)16-24(20-10-6-4-7-11-20)22-14-15-23-25(21-12-8-5-9-13-21)17-19(3)29-27(23)26(22)28/h4-18H,28H2,1-3H3. The van der Waals surface area contributed by atoms with Gasteiger partial charge in [-0.25, -0.2) is 0 Å². The van der Waals surface area contributed by atoms with Gasteiger partial charge < -0.3 is 5.73 Å². The van der Waals surface area contributed by atoms with Gasteiger partial charge in [0.2, 0.25) is 0 Å². The second-order valence-corrected chi connectivity index (χ2v) is 7.79. The fourth-order valence-electron chi connectivity index (χ4n) is 3.83. The minimum atomic E-state index is 0.408. The summed E-state index contributed by atoms with van der Waals surface area (Å²) in [6, 6.07) is 27.3. The third-order valence-corrected chi connectivity index (χ3v) is 5.11. The number of hydrogen-bond acceptors (Lipinski definition) is 2. The lowest BCUT2D eigenvalue weighted by molar-refractivity contribution is 0.834. The van der Waals surface area contributed by atoms with Crippen molar-refractivity contribution in [3.63, 3.8) is 0 Å². The van der Waals surface area contributed by atoms with Crippen LogP contribution in [0.3, 0.4) is 0 Å². The third-order valence-electron chi connectivity index (χ3n) is 5.11. The topological polar surface area (TPSA) is 38.9 Å². The van der Waals surface area contributed by atoms with E-state index in [0.29, 0.717) is 5.92 Å². The van der Waals surface area contributed by atoms with Gasteiger partial charge in [-0.1, -0.05) is 92.7 Å². The summed E-state index contributed by atoms with van der Waals surface area (Å²) in [7, 11) is 0. The highest BCUT2D eigenvalue weighted by atomic mass is 14.7. The molecule has 2 nitrogen and oxygen atoms in total. The van der Waals surface area contributed by atoms with Crippen LogP contribution in [0, 0.1) is 12.8 Å². The molecule has 0 radical (unpaired) electrons. The lowest BCUT2D eigenvalue weighted by atomic mass is 9.91. The maximum Gasteiger partial charge on any atom is 0.0946 e. The summed E-state index contributed by atoms with van der Waals surface area (Å²) in [5, 5.41) is 1.08. The highest BCUT2D eigenvalue weighted by Gasteiger charge is 2.15. The molecule has 0 fully saturated rings. The van der Waals surface area contributed by atoms with E-state index in [1.165, 1.54) is 16.7 Å². The Bertz CT molecular complexity index is 1170. The third kappa shape index (κ3) is 3.79. The Morgan fingerprint density at radius 1 is 0.897 bits per heavy atom. The minimum Gasteiger partial charge on any atom is -0.396 e. The van der Waals surface area contributed by atoms with Gasteiger partial charge in [0.05, 0.1) is 11.2 Å². The molecule has 0 amide bonds. The molecule has 144 valence electrons. The molecule has 0 saturated carbocycles. The van der Waals surface area contributed by atoms with E-state index in [-0.39, 0.29) is 0 Å². The van der Waals surface area contributed by atoms with Gasteiger partial charge in [0.25, 0.3) is 0 Å². The van der Waals surface area contributed by atoms with Crippen LogP contribution in [0.25, 0.3) is 27.6 Å². The number of aromatic nitrogens is 1. The van der Waals surface area contributed by atoms with Crippen LogP contribution in [0.15, 0.2) is 84.9 Å². The molecule has 0 bridgehead atoms. The van der Waals surface area contributed by atoms with Gasteiger partial charge in [0.15, 0.2) is 0 Å². The summed E-state index contributed by atoms with van der Waals surface area (Å²) in [4.78, 5) is 4.83. The molecule has 3 aromatic carbocycles. The van der Waals surface area contributed by atoms with Crippen LogP contribution in [0.2, 0.25) is 0 Å². The van der Waals surface area contributed by atoms with Crippen LogP contribution in [0.5, 0.6) is 0 Å². The van der Waals surface area contributed by atoms with Crippen LogP contribution in [-0.2, 0) is 0 Å². The van der Waals surface area contributed by atoms with Gasteiger partial charge in [0.1, 0.15) is 0 Å². The largest absolute Gasteiger partial charge is 0.396 e. The molecule has 1 aromatic heterocycles. The molecule has 0 saturated heterocycles. The second-order valence-electron chi connectivity index (χ2n) is 7.79. The van der Waals surface area contributed by atoms with Gasteiger partial charge in [-0.2, -0.15) is 0 Å². The number of nitrogens with two attached hydrogens (primary N) is 1. The van der Waals surface area contributed by atoms with Crippen molar-refractivity contribution in [2.24, 2.45) is 5.92 Å². The summed E-state index contributed by atoms with van der Waals surface area (Å²) in [5.74, 6) is 0.408. The van der Waals surface area contributed by atoms with E-state index in [0.717, 1.165) is 33.4 Å². The number of rotatable bonds is 4. The van der Waals surface area contributed by atoms with Gasteiger partial charge in [0, 0.05) is 16.6 Å². The number of nitrogen functional groups attached to an aromatic ring is 1. The van der Waals surface area contributed by atoms with E-state index in [4.69, 9.17) is 10.7 Å². The maximum atomic E-state index is 6.75. The fourth-order valence-corrected chi connectivity index (χ4v) is 3.83. The van der Waals surface area contributed by atoms with Gasteiger partial charge in [-0.05, 0) is 41.2 Å². The Balaban J connectivity index is 1.97. The molecule has 1 heterocycles. The zero-order valence-corrected chi connectivity index (χ0v) is 17.2. The van der Waals surface area contributed by atoms with E-state index in [1.54, 1.807) is 0 Å². The number of anilines is 1. The quantitative estimate of drug-likeness (QED) is 0.393. The molecule has 4 rings (SSSR count). The fraction of sp³-hybridized carbons (Fsp3) is 0.148. The molecule has 0 aliphatic heterocycles. The summed E-state index contributed by atoms with van der Waals surface area (Å²) >= 11 is 0. The normalized spacial score (nSPS) is 11.9. The molecule has 4 aromatic rings.